The molecule has 166 valence electrons. The number of alkyl halides is 3. The molecule has 2 aromatic carbocycles. The fraction of sp³-hybridized carbons (Fsp3) is 0.300. The number of oxime groups is 1. The van der Waals surface area contributed by atoms with Gasteiger partial charge < -0.3 is 10.2 Å². The van der Waals surface area contributed by atoms with Crippen LogP contribution in [-0.2, 0) is 25.8 Å². The van der Waals surface area contributed by atoms with Gasteiger partial charge in [-0.15, -0.1) is 0 Å². The molecular formula is C20H20F3N3O4S. The Hall–Kier alpha value is -2.92. The van der Waals surface area contributed by atoms with E-state index in [-0.39, 0.29) is 38.4 Å². The first kappa shape index (κ1) is 22.8. The minimum Gasteiger partial charge on any atom is -0.386 e. The van der Waals surface area contributed by atoms with Gasteiger partial charge in [-0.05, 0) is 30.3 Å². The first-order valence-corrected chi connectivity index (χ1v) is 10.8. The van der Waals surface area contributed by atoms with E-state index in [2.05, 4.69) is 10.5 Å². The average Bonchev–Trinajstić information content (AvgIpc) is 2.74. The zero-order valence-electron chi connectivity index (χ0n) is 16.3. The second kappa shape index (κ2) is 9.48. The SMILES string of the molecule is O=C(CON=C1CCN(S(=O)(=O)c2cccc(C(F)(F)F)c2)CC1)Nc1ccccc1. The molecule has 3 rings (SSSR count). The molecule has 0 aliphatic carbocycles. The van der Waals surface area contributed by atoms with Crippen molar-refractivity contribution in [2.45, 2.75) is 23.9 Å². The highest BCUT2D eigenvalue weighted by atomic mass is 32.2. The summed E-state index contributed by atoms with van der Waals surface area (Å²) in [6, 6.07) is 12.5. The first-order valence-electron chi connectivity index (χ1n) is 9.36. The van der Waals surface area contributed by atoms with E-state index < -0.39 is 26.7 Å². The van der Waals surface area contributed by atoms with Crippen molar-refractivity contribution in [3.63, 3.8) is 0 Å². The molecule has 1 N–H and O–H groups in total. The lowest BCUT2D eigenvalue weighted by molar-refractivity contribution is -0.137. The molecule has 0 radical (unpaired) electrons. The summed E-state index contributed by atoms with van der Waals surface area (Å²) < 4.78 is 65.1. The minimum absolute atomic E-state index is 0.0526. The number of halogens is 3. The summed E-state index contributed by atoms with van der Waals surface area (Å²) >= 11 is 0. The predicted octanol–water partition coefficient (Wildman–Crippen LogP) is 3.50. The standard InChI is InChI=1S/C20H20F3N3O4S/c21-20(22,23)15-5-4-8-18(13-15)31(28,29)26-11-9-17(10-12-26)25-30-14-19(27)24-16-6-2-1-3-7-16/h1-8,13H,9-12,14H2,(H,24,27). The van der Waals surface area contributed by atoms with Gasteiger partial charge >= 0.3 is 6.18 Å². The Labute approximate surface area is 177 Å². The van der Waals surface area contributed by atoms with Crippen LogP contribution in [0.25, 0.3) is 0 Å². The fourth-order valence-corrected chi connectivity index (χ4v) is 4.45. The average molecular weight is 455 g/mol. The molecule has 11 heteroatoms. The Bertz CT molecular complexity index is 1050. The smallest absolute Gasteiger partial charge is 0.386 e. The van der Waals surface area contributed by atoms with Gasteiger partial charge in [-0.3, -0.25) is 4.79 Å². The molecule has 0 atom stereocenters. The van der Waals surface area contributed by atoms with Crippen LogP contribution in [0.3, 0.4) is 0 Å². The lowest BCUT2D eigenvalue weighted by atomic mass is 10.1. The molecule has 1 amide bonds. The van der Waals surface area contributed by atoms with Crippen LogP contribution >= 0.6 is 0 Å². The molecule has 1 fully saturated rings. The van der Waals surface area contributed by atoms with Gasteiger partial charge in [-0.2, -0.15) is 17.5 Å². The summed E-state index contributed by atoms with van der Waals surface area (Å²) in [5.41, 5.74) is 0.176. The van der Waals surface area contributed by atoms with Crippen molar-refractivity contribution in [3.05, 3.63) is 60.2 Å². The molecule has 0 saturated carbocycles. The summed E-state index contributed by atoms with van der Waals surface area (Å²) in [5.74, 6) is -0.389. The minimum atomic E-state index is -4.63. The fourth-order valence-electron chi connectivity index (χ4n) is 2.96. The quantitative estimate of drug-likeness (QED) is 0.676. The van der Waals surface area contributed by atoms with E-state index in [1.54, 1.807) is 24.3 Å². The number of hydrogen-bond donors (Lipinski definition) is 1. The van der Waals surface area contributed by atoms with Gasteiger partial charge in [0.05, 0.1) is 16.2 Å². The normalized spacial score (nSPS) is 15.4. The Kier molecular flexibility index (Phi) is 6.96. The van der Waals surface area contributed by atoms with Gasteiger partial charge in [0, 0.05) is 31.6 Å². The third-order valence-corrected chi connectivity index (χ3v) is 6.44. The maximum atomic E-state index is 12.9. The predicted molar refractivity (Wildman–Crippen MR) is 108 cm³/mol. The van der Waals surface area contributed by atoms with Crippen LogP contribution in [0, 0.1) is 0 Å². The van der Waals surface area contributed by atoms with E-state index in [1.165, 1.54) is 0 Å². The number of nitrogens with one attached hydrogen (secondary N) is 1. The molecule has 7 nitrogen and oxygen atoms in total. The van der Waals surface area contributed by atoms with Gasteiger partial charge in [0.1, 0.15) is 0 Å². The number of carbonyl (C=O) groups excluding carboxylic acids is 1. The van der Waals surface area contributed by atoms with Crippen molar-refractivity contribution < 1.29 is 31.2 Å². The highest BCUT2D eigenvalue weighted by Gasteiger charge is 2.33. The van der Waals surface area contributed by atoms with E-state index in [1.807, 2.05) is 6.07 Å². The molecular weight excluding hydrogens is 435 g/mol. The van der Waals surface area contributed by atoms with Crippen LogP contribution in [-0.4, -0.2) is 44.0 Å². The second-order valence-electron chi connectivity index (χ2n) is 6.77. The van der Waals surface area contributed by atoms with Crippen LogP contribution < -0.4 is 5.32 Å². The van der Waals surface area contributed by atoms with E-state index in [0.717, 1.165) is 22.5 Å². The van der Waals surface area contributed by atoms with E-state index in [0.29, 0.717) is 17.5 Å². The van der Waals surface area contributed by atoms with Crippen molar-refractivity contribution in [2.24, 2.45) is 5.16 Å². The Morgan fingerprint density at radius 2 is 1.74 bits per heavy atom. The third-order valence-electron chi connectivity index (χ3n) is 4.55. The zero-order valence-corrected chi connectivity index (χ0v) is 17.1. The van der Waals surface area contributed by atoms with Gasteiger partial charge in [-0.1, -0.05) is 29.4 Å². The Morgan fingerprint density at radius 1 is 1.06 bits per heavy atom. The molecule has 0 spiro atoms. The summed E-state index contributed by atoms with van der Waals surface area (Å²) in [5, 5.41) is 6.53. The van der Waals surface area contributed by atoms with E-state index in [9.17, 15) is 26.4 Å². The van der Waals surface area contributed by atoms with Crippen LogP contribution in [0.5, 0.6) is 0 Å². The number of piperidine rings is 1. The Morgan fingerprint density at radius 3 is 2.39 bits per heavy atom. The molecule has 1 aliphatic rings. The van der Waals surface area contributed by atoms with E-state index >= 15 is 0 Å². The topological polar surface area (TPSA) is 88.1 Å². The monoisotopic (exact) mass is 455 g/mol. The maximum absolute atomic E-state index is 12.9. The van der Waals surface area contributed by atoms with E-state index in [4.69, 9.17) is 4.84 Å². The molecule has 0 bridgehead atoms. The van der Waals surface area contributed by atoms with Gasteiger partial charge in [0.2, 0.25) is 10.0 Å². The number of amides is 1. The molecule has 1 saturated heterocycles. The first-order chi connectivity index (χ1) is 14.7. The van der Waals surface area contributed by atoms with Crippen molar-refractivity contribution in [1.82, 2.24) is 4.31 Å². The Balaban J connectivity index is 1.53. The third kappa shape index (κ3) is 6.05. The van der Waals surface area contributed by atoms with Crippen LogP contribution in [0.1, 0.15) is 18.4 Å². The summed E-state index contributed by atoms with van der Waals surface area (Å²) in [4.78, 5) is 16.5. The number of anilines is 1. The number of sulfonamides is 1. The number of benzene rings is 2. The lowest BCUT2D eigenvalue weighted by Gasteiger charge is -2.26. The van der Waals surface area contributed by atoms with Gasteiger partial charge in [0.25, 0.3) is 5.91 Å². The molecule has 1 aliphatic heterocycles. The molecule has 0 aromatic heterocycles. The number of carbonyl (C=O) groups is 1. The van der Waals surface area contributed by atoms with Crippen LogP contribution in [0.15, 0.2) is 64.6 Å². The highest BCUT2D eigenvalue weighted by molar-refractivity contribution is 7.89. The van der Waals surface area contributed by atoms with Crippen LogP contribution in [0.2, 0.25) is 0 Å². The summed E-state index contributed by atoms with van der Waals surface area (Å²) in [7, 11) is -4.06. The second-order valence-corrected chi connectivity index (χ2v) is 8.71. The zero-order chi connectivity index (χ0) is 22.5. The van der Waals surface area contributed by atoms with Crippen molar-refractivity contribution >= 4 is 27.3 Å². The maximum Gasteiger partial charge on any atom is 0.416 e. The van der Waals surface area contributed by atoms with Crippen molar-refractivity contribution in [3.8, 4) is 0 Å². The number of hydrogen-bond acceptors (Lipinski definition) is 5. The number of rotatable bonds is 6. The summed E-state index contributed by atoms with van der Waals surface area (Å²) in [6.07, 6.45) is -4.13. The van der Waals surface area contributed by atoms with Crippen molar-refractivity contribution in [1.29, 1.82) is 0 Å². The molecule has 0 unspecified atom stereocenters. The summed E-state index contributed by atoms with van der Waals surface area (Å²) in [6.45, 7) is -0.196. The number of nitrogens with zero attached hydrogens (tertiary/aromatic N) is 2. The lowest BCUT2D eigenvalue weighted by Crippen LogP contribution is -2.38. The molecule has 1 heterocycles. The highest BCUT2D eigenvalue weighted by Crippen LogP contribution is 2.31. The molecule has 31 heavy (non-hydrogen) atoms. The number of para-hydroxylation sites is 1. The van der Waals surface area contributed by atoms with Crippen LogP contribution in [0.4, 0.5) is 18.9 Å². The molecule has 2 aromatic rings. The largest absolute Gasteiger partial charge is 0.416 e. The van der Waals surface area contributed by atoms with Gasteiger partial charge in [-0.25, -0.2) is 8.42 Å². The van der Waals surface area contributed by atoms with Gasteiger partial charge in [0.15, 0.2) is 6.61 Å². The van der Waals surface area contributed by atoms with Crippen molar-refractivity contribution in [2.75, 3.05) is 25.0 Å².